The Labute approximate surface area is 97.6 Å². The Morgan fingerprint density at radius 3 is 2.75 bits per heavy atom. The molecule has 0 unspecified atom stereocenters. The van der Waals surface area contributed by atoms with E-state index in [-0.39, 0.29) is 0 Å². The maximum atomic E-state index is 5.58. The summed E-state index contributed by atoms with van der Waals surface area (Å²) in [5, 5.41) is 0. The molecule has 2 N–H and O–H groups in total. The maximum Gasteiger partial charge on any atom is 0.118 e. The highest BCUT2D eigenvalue weighted by Gasteiger charge is 2.22. The van der Waals surface area contributed by atoms with Gasteiger partial charge in [-0.05, 0) is 25.5 Å². The van der Waals surface area contributed by atoms with E-state index in [0.717, 1.165) is 30.5 Å². The van der Waals surface area contributed by atoms with E-state index in [1.807, 2.05) is 0 Å². The average Bonchev–Trinajstić information content (AvgIpc) is 2.96. The van der Waals surface area contributed by atoms with Crippen molar-refractivity contribution in [2.45, 2.75) is 51.7 Å². The van der Waals surface area contributed by atoms with Crippen molar-refractivity contribution in [2.24, 2.45) is 5.73 Å². The van der Waals surface area contributed by atoms with Crippen molar-refractivity contribution in [3.05, 3.63) is 23.7 Å². The molecule has 3 nitrogen and oxygen atoms in total. The molecule has 0 aromatic carbocycles. The lowest BCUT2D eigenvalue weighted by atomic mass is 10.2. The summed E-state index contributed by atoms with van der Waals surface area (Å²) in [5.74, 6) is 1.05. The van der Waals surface area contributed by atoms with Crippen molar-refractivity contribution in [1.82, 2.24) is 4.90 Å². The second-order valence-corrected chi connectivity index (χ2v) is 4.63. The first-order valence-electron chi connectivity index (χ1n) is 6.34. The van der Waals surface area contributed by atoms with Gasteiger partial charge in [-0.15, -0.1) is 0 Å². The summed E-state index contributed by atoms with van der Waals surface area (Å²) in [6, 6.07) is 2.84. The Hall–Kier alpha value is -0.800. The Kier molecular flexibility index (Phi) is 4.02. The van der Waals surface area contributed by atoms with Crippen LogP contribution in [-0.2, 0) is 13.1 Å². The summed E-state index contributed by atoms with van der Waals surface area (Å²) in [4.78, 5) is 2.52. The van der Waals surface area contributed by atoms with Crippen LogP contribution in [-0.4, -0.2) is 17.5 Å². The molecule has 1 heterocycles. The summed E-state index contributed by atoms with van der Waals surface area (Å²) in [5.41, 5.74) is 6.67. The normalized spacial score (nSPS) is 17.4. The van der Waals surface area contributed by atoms with Gasteiger partial charge in [-0.2, -0.15) is 0 Å². The van der Waals surface area contributed by atoms with Crippen molar-refractivity contribution < 1.29 is 4.42 Å². The topological polar surface area (TPSA) is 42.4 Å². The molecule has 1 aromatic heterocycles. The molecular weight excluding hydrogens is 200 g/mol. The van der Waals surface area contributed by atoms with Crippen LogP contribution in [0.1, 0.15) is 43.9 Å². The van der Waals surface area contributed by atoms with Gasteiger partial charge in [0.15, 0.2) is 0 Å². The molecule has 2 rings (SSSR count). The molecule has 0 amide bonds. The fourth-order valence-electron chi connectivity index (χ4n) is 2.58. The summed E-state index contributed by atoms with van der Waals surface area (Å²) in [6.45, 7) is 4.83. The van der Waals surface area contributed by atoms with Crippen molar-refractivity contribution in [1.29, 1.82) is 0 Å². The van der Waals surface area contributed by atoms with Crippen LogP contribution < -0.4 is 5.73 Å². The van der Waals surface area contributed by atoms with Gasteiger partial charge in [0.05, 0.1) is 12.8 Å². The fraction of sp³-hybridized carbons (Fsp3) is 0.692. The molecule has 1 aliphatic carbocycles. The maximum absolute atomic E-state index is 5.58. The van der Waals surface area contributed by atoms with Gasteiger partial charge < -0.3 is 10.2 Å². The minimum absolute atomic E-state index is 0.569. The Balaban J connectivity index is 1.94. The lowest BCUT2D eigenvalue weighted by Crippen LogP contribution is -2.32. The van der Waals surface area contributed by atoms with Gasteiger partial charge in [0.25, 0.3) is 0 Å². The van der Waals surface area contributed by atoms with E-state index in [9.17, 15) is 0 Å². The number of hydrogen-bond acceptors (Lipinski definition) is 3. The number of nitrogens with two attached hydrogens (primary N) is 1. The summed E-state index contributed by atoms with van der Waals surface area (Å²) in [7, 11) is 0. The fourth-order valence-corrected chi connectivity index (χ4v) is 2.58. The highest BCUT2D eigenvalue weighted by Crippen LogP contribution is 2.25. The van der Waals surface area contributed by atoms with E-state index < -0.39 is 0 Å². The Morgan fingerprint density at radius 1 is 1.44 bits per heavy atom. The van der Waals surface area contributed by atoms with Crippen LogP contribution in [0.2, 0.25) is 0 Å². The zero-order valence-electron chi connectivity index (χ0n) is 10.1. The standard InChI is InChI=1S/C13H22N2O/c1-2-15(12-5-3-4-6-12)9-13-7-11(8-14)10-16-13/h7,10,12H,2-6,8-9,14H2,1H3. The lowest BCUT2D eigenvalue weighted by Gasteiger charge is -2.26. The summed E-state index contributed by atoms with van der Waals surface area (Å²) in [6.07, 6.45) is 7.23. The first kappa shape index (κ1) is 11.7. The van der Waals surface area contributed by atoms with Gasteiger partial charge in [-0.25, -0.2) is 0 Å². The van der Waals surface area contributed by atoms with Crippen molar-refractivity contribution in [3.63, 3.8) is 0 Å². The lowest BCUT2D eigenvalue weighted by molar-refractivity contribution is 0.185. The largest absolute Gasteiger partial charge is 0.468 e. The highest BCUT2D eigenvalue weighted by atomic mass is 16.3. The molecule has 3 heteroatoms. The molecular formula is C13H22N2O. The molecule has 90 valence electrons. The monoisotopic (exact) mass is 222 g/mol. The molecule has 0 atom stereocenters. The molecule has 0 aliphatic heterocycles. The minimum atomic E-state index is 0.569. The van der Waals surface area contributed by atoms with Crippen molar-refractivity contribution >= 4 is 0 Å². The molecule has 0 radical (unpaired) electrons. The first-order chi connectivity index (χ1) is 7.83. The second-order valence-electron chi connectivity index (χ2n) is 4.63. The smallest absolute Gasteiger partial charge is 0.118 e. The van der Waals surface area contributed by atoms with E-state index in [0.29, 0.717) is 6.54 Å². The first-order valence-corrected chi connectivity index (χ1v) is 6.34. The van der Waals surface area contributed by atoms with Crippen LogP contribution in [0.4, 0.5) is 0 Å². The van der Waals surface area contributed by atoms with E-state index in [1.54, 1.807) is 6.26 Å². The molecule has 16 heavy (non-hydrogen) atoms. The minimum Gasteiger partial charge on any atom is -0.468 e. The summed E-state index contributed by atoms with van der Waals surface area (Å²) >= 11 is 0. The third-order valence-corrected chi connectivity index (χ3v) is 3.55. The van der Waals surface area contributed by atoms with E-state index in [1.165, 1.54) is 25.7 Å². The molecule has 0 spiro atoms. The number of rotatable bonds is 5. The summed E-state index contributed by atoms with van der Waals surface area (Å²) < 4.78 is 5.53. The zero-order valence-corrected chi connectivity index (χ0v) is 10.1. The predicted molar refractivity (Wildman–Crippen MR) is 64.9 cm³/mol. The van der Waals surface area contributed by atoms with Crippen LogP contribution in [0.5, 0.6) is 0 Å². The molecule has 0 bridgehead atoms. The SMILES string of the molecule is CCN(Cc1cc(CN)co1)C1CCCC1. The number of hydrogen-bond donors (Lipinski definition) is 1. The van der Waals surface area contributed by atoms with Crippen LogP contribution in [0.15, 0.2) is 16.7 Å². The molecule has 1 saturated carbocycles. The molecule has 0 saturated heterocycles. The van der Waals surface area contributed by atoms with Crippen molar-refractivity contribution in [3.8, 4) is 0 Å². The van der Waals surface area contributed by atoms with Gasteiger partial charge in [0, 0.05) is 18.2 Å². The Morgan fingerprint density at radius 2 is 2.19 bits per heavy atom. The van der Waals surface area contributed by atoms with Gasteiger partial charge >= 0.3 is 0 Å². The van der Waals surface area contributed by atoms with Crippen LogP contribution in [0.3, 0.4) is 0 Å². The van der Waals surface area contributed by atoms with Crippen molar-refractivity contribution in [2.75, 3.05) is 6.54 Å². The third-order valence-electron chi connectivity index (χ3n) is 3.55. The van der Waals surface area contributed by atoms with Crippen LogP contribution in [0.25, 0.3) is 0 Å². The van der Waals surface area contributed by atoms with Gasteiger partial charge in [0.1, 0.15) is 5.76 Å². The van der Waals surface area contributed by atoms with Crippen LogP contribution in [0, 0.1) is 0 Å². The van der Waals surface area contributed by atoms with Gasteiger partial charge in [-0.1, -0.05) is 19.8 Å². The Bertz CT molecular complexity index is 315. The van der Waals surface area contributed by atoms with E-state index in [2.05, 4.69) is 17.9 Å². The van der Waals surface area contributed by atoms with E-state index >= 15 is 0 Å². The molecule has 1 aromatic rings. The van der Waals surface area contributed by atoms with E-state index in [4.69, 9.17) is 10.2 Å². The van der Waals surface area contributed by atoms with Gasteiger partial charge in [-0.3, -0.25) is 4.90 Å². The predicted octanol–water partition coefficient (Wildman–Crippen LogP) is 2.50. The number of nitrogens with zero attached hydrogens (tertiary/aromatic N) is 1. The molecule has 1 fully saturated rings. The highest BCUT2D eigenvalue weighted by molar-refractivity contribution is 5.12. The quantitative estimate of drug-likeness (QED) is 0.832. The zero-order chi connectivity index (χ0) is 11.4. The average molecular weight is 222 g/mol. The third kappa shape index (κ3) is 2.66. The molecule has 1 aliphatic rings. The number of furan rings is 1. The van der Waals surface area contributed by atoms with Gasteiger partial charge in [0.2, 0.25) is 0 Å². The van der Waals surface area contributed by atoms with Crippen LogP contribution >= 0.6 is 0 Å². The second kappa shape index (κ2) is 5.51.